The molecule has 1 aromatic rings. The Morgan fingerprint density at radius 2 is 2.00 bits per heavy atom. The second-order valence-electron chi connectivity index (χ2n) is 5.16. The van der Waals surface area contributed by atoms with Gasteiger partial charge < -0.3 is 5.32 Å². The summed E-state index contributed by atoms with van der Waals surface area (Å²) in [5.74, 6) is 0.134. The fourth-order valence-electron chi connectivity index (χ4n) is 2.68. The molecule has 0 atom stereocenters. The lowest BCUT2D eigenvalue weighted by Gasteiger charge is -2.33. The summed E-state index contributed by atoms with van der Waals surface area (Å²) in [6.45, 7) is 5.53. The topological polar surface area (TPSA) is 56.1 Å². The van der Waals surface area contributed by atoms with Crippen LogP contribution < -0.4 is 5.32 Å². The average molecular weight is 271 g/mol. The SMILES string of the molecule is CCN(CC(=O)c1ccc(C#N)cc1)C1CCNCC1. The fraction of sp³-hybridized carbons (Fsp3) is 0.500. The van der Waals surface area contributed by atoms with Gasteiger partial charge in [0.1, 0.15) is 0 Å². The highest BCUT2D eigenvalue weighted by molar-refractivity contribution is 5.97. The number of nitrogens with zero attached hydrogens (tertiary/aromatic N) is 2. The van der Waals surface area contributed by atoms with E-state index >= 15 is 0 Å². The molecule has 1 aliphatic rings. The number of carbonyl (C=O) groups excluding carboxylic acids is 1. The van der Waals surface area contributed by atoms with E-state index in [0.29, 0.717) is 23.7 Å². The molecule has 106 valence electrons. The second kappa shape index (κ2) is 7.18. The number of hydrogen-bond acceptors (Lipinski definition) is 4. The van der Waals surface area contributed by atoms with Crippen LogP contribution >= 0.6 is 0 Å². The molecule has 0 saturated carbocycles. The highest BCUT2D eigenvalue weighted by Crippen LogP contribution is 2.13. The van der Waals surface area contributed by atoms with Gasteiger partial charge in [-0.1, -0.05) is 19.1 Å². The number of piperidine rings is 1. The van der Waals surface area contributed by atoms with Gasteiger partial charge >= 0.3 is 0 Å². The lowest BCUT2D eigenvalue weighted by molar-refractivity contribution is 0.0874. The van der Waals surface area contributed by atoms with E-state index in [4.69, 9.17) is 5.26 Å². The molecule has 1 fully saturated rings. The van der Waals surface area contributed by atoms with Crippen LogP contribution in [-0.4, -0.2) is 42.9 Å². The minimum absolute atomic E-state index is 0.134. The van der Waals surface area contributed by atoms with Crippen molar-refractivity contribution in [1.82, 2.24) is 10.2 Å². The first-order valence-electron chi connectivity index (χ1n) is 7.22. The molecule has 0 aliphatic carbocycles. The zero-order chi connectivity index (χ0) is 14.4. The third kappa shape index (κ3) is 3.66. The summed E-state index contributed by atoms with van der Waals surface area (Å²) in [6.07, 6.45) is 2.21. The molecule has 0 aromatic heterocycles. The molecule has 1 heterocycles. The summed E-state index contributed by atoms with van der Waals surface area (Å²) in [4.78, 5) is 14.6. The summed E-state index contributed by atoms with van der Waals surface area (Å²) in [5, 5.41) is 12.1. The quantitative estimate of drug-likeness (QED) is 0.830. The zero-order valence-corrected chi connectivity index (χ0v) is 11.9. The van der Waals surface area contributed by atoms with Gasteiger partial charge in [0, 0.05) is 11.6 Å². The summed E-state index contributed by atoms with van der Waals surface area (Å²) < 4.78 is 0. The van der Waals surface area contributed by atoms with Crippen molar-refractivity contribution in [3.05, 3.63) is 35.4 Å². The van der Waals surface area contributed by atoms with Gasteiger partial charge in [-0.2, -0.15) is 5.26 Å². The molecule has 1 N–H and O–H groups in total. The summed E-state index contributed by atoms with van der Waals surface area (Å²) >= 11 is 0. The van der Waals surface area contributed by atoms with Crippen LogP contribution in [0, 0.1) is 11.3 Å². The number of carbonyl (C=O) groups is 1. The van der Waals surface area contributed by atoms with E-state index in [1.54, 1.807) is 24.3 Å². The van der Waals surface area contributed by atoms with Crippen molar-refractivity contribution in [3.8, 4) is 6.07 Å². The van der Waals surface area contributed by atoms with Crippen LogP contribution in [0.4, 0.5) is 0 Å². The van der Waals surface area contributed by atoms with Gasteiger partial charge in [0.15, 0.2) is 5.78 Å². The van der Waals surface area contributed by atoms with Crippen molar-refractivity contribution in [1.29, 1.82) is 5.26 Å². The molecule has 4 heteroatoms. The van der Waals surface area contributed by atoms with Crippen LogP contribution in [0.1, 0.15) is 35.7 Å². The number of likely N-dealkylation sites (N-methyl/N-ethyl adjacent to an activating group) is 1. The van der Waals surface area contributed by atoms with Crippen molar-refractivity contribution in [3.63, 3.8) is 0 Å². The van der Waals surface area contributed by atoms with Crippen LogP contribution in [0.25, 0.3) is 0 Å². The van der Waals surface area contributed by atoms with E-state index in [1.165, 1.54) is 0 Å². The maximum Gasteiger partial charge on any atom is 0.176 e. The van der Waals surface area contributed by atoms with E-state index < -0.39 is 0 Å². The van der Waals surface area contributed by atoms with Gasteiger partial charge in [-0.15, -0.1) is 0 Å². The lowest BCUT2D eigenvalue weighted by atomic mass is 10.0. The fourth-order valence-corrected chi connectivity index (χ4v) is 2.68. The van der Waals surface area contributed by atoms with Crippen LogP contribution in [0.3, 0.4) is 0 Å². The van der Waals surface area contributed by atoms with E-state index in [9.17, 15) is 4.79 Å². The Hall–Kier alpha value is -1.70. The van der Waals surface area contributed by atoms with Crippen LogP contribution in [0.5, 0.6) is 0 Å². The monoisotopic (exact) mass is 271 g/mol. The molecule has 0 unspecified atom stereocenters. The highest BCUT2D eigenvalue weighted by Gasteiger charge is 2.21. The molecule has 0 radical (unpaired) electrons. The predicted octanol–water partition coefficient (Wildman–Crippen LogP) is 1.81. The highest BCUT2D eigenvalue weighted by atomic mass is 16.1. The van der Waals surface area contributed by atoms with Gasteiger partial charge in [-0.3, -0.25) is 9.69 Å². The Kier molecular flexibility index (Phi) is 5.28. The number of hydrogen-bond donors (Lipinski definition) is 1. The van der Waals surface area contributed by atoms with Crippen molar-refractivity contribution < 1.29 is 4.79 Å². The van der Waals surface area contributed by atoms with Gasteiger partial charge in [0.25, 0.3) is 0 Å². The molecule has 0 spiro atoms. The third-order valence-corrected chi connectivity index (χ3v) is 3.91. The summed E-state index contributed by atoms with van der Waals surface area (Å²) in [5.41, 5.74) is 1.28. The largest absolute Gasteiger partial charge is 0.317 e. The first-order chi connectivity index (χ1) is 9.74. The van der Waals surface area contributed by atoms with Crippen molar-refractivity contribution in [2.75, 3.05) is 26.2 Å². The zero-order valence-electron chi connectivity index (χ0n) is 11.9. The van der Waals surface area contributed by atoms with Crippen molar-refractivity contribution in [2.45, 2.75) is 25.8 Å². The van der Waals surface area contributed by atoms with Gasteiger partial charge in [-0.25, -0.2) is 0 Å². The normalized spacial score (nSPS) is 16.1. The number of rotatable bonds is 5. The Bertz CT molecular complexity index is 483. The molecule has 2 rings (SSSR count). The molecular formula is C16H21N3O. The van der Waals surface area contributed by atoms with Crippen molar-refractivity contribution >= 4 is 5.78 Å². The third-order valence-electron chi connectivity index (χ3n) is 3.91. The maximum absolute atomic E-state index is 12.3. The molecule has 0 amide bonds. The molecule has 1 aromatic carbocycles. The Morgan fingerprint density at radius 3 is 2.55 bits per heavy atom. The van der Waals surface area contributed by atoms with E-state index in [1.807, 2.05) is 0 Å². The van der Waals surface area contributed by atoms with Crippen molar-refractivity contribution in [2.24, 2.45) is 0 Å². The first kappa shape index (κ1) is 14.7. The van der Waals surface area contributed by atoms with Gasteiger partial charge in [-0.05, 0) is 44.6 Å². The van der Waals surface area contributed by atoms with Crippen LogP contribution in [0.2, 0.25) is 0 Å². The molecule has 0 bridgehead atoms. The Balaban J connectivity index is 1.99. The Labute approximate surface area is 120 Å². The second-order valence-corrected chi connectivity index (χ2v) is 5.16. The standard InChI is InChI=1S/C16H21N3O/c1-2-19(15-7-9-18-10-8-15)12-16(20)14-5-3-13(11-17)4-6-14/h3-6,15,18H,2,7-10,12H2,1H3. The van der Waals surface area contributed by atoms with E-state index in [-0.39, 0.29) is 5.78 Å². The average Bonchev–Trinajstić information content (AvgIpc) is 2.53. The molecule has 1 aliphatic heterocycles. The number of Topliss-reactive ketones (excluding diaryl/α,β-unsaturated/α-hetero) is 1. The molecule has 4 nitrogen and oxygen atoms in total. The number of benzene rings is 1. The predicted molar refractivity (Wildman–Crippen MR) is 78.6 cm³/mol. The number of nitriles is 1. The number of ketones is 1. The summed E-state index contributed by atoms with van der Waals surface area (Å²) in [6, 6.07) is 9.47. The smallest absolute Gasteiger partial charge is 0.176 e. The Morgan fingerprint density at radius 1 is 1.35 bits per heavy atom. The minimum atomic E-state index is 0.134. The summed E-state index contributed by atoms with van der Waals surface area (Å²) in [7, 11) is 0. The van der Waals surface area contributed by atoms with E-state index in [2.05, 4.69) is 23.2 Å². The molecular weight excluding hydrogens is 250 g/mol. The minimum Gasteiger partial charge on any atom is -0.317 e. The first-order valence-corrected chi connectivity index (χ1v) is 7.22. The lowest BCUT2D eigenvalue weighted by Crippen LogP contribution is -2.45. The van der Waals surface area contributed by atoms with Crippen LogP contribution in [-0.2, 0) is 0 Å². The van der Waals surface area contributed by atoms with Gasteiger partial charge in [0.2, 0.25) is 0 Å². The van der Waals surface area contributed by atoms with E-state index in [0.717, 1.165) is 32.5 Å². The molecule has 20 heavy (non-hydrogen) atoms. The van der Waals surface area contributed by atoms with Gasteiger partial charge in [0.05, 0.1) is 18.2 Å². The van der Waals surface area contributed by atoms with Crippen LogP contribution in [0.15, 0.2) is 24.3 Å². The number of nitrogens with one attached hydrogen (secondary N) is 1. The molecule has 1 saturated heterocycles. The maximum atomic E-state index is 12.3.